The number of carboxylic acid groups (broad SMARTS) is 1. The van der Waals surface area contributed by atoms with E-state index in [9.17, 15) is 4.79 Å². The summed E-state index contributed by atoms with van der Waals surface area (Å²) < 4.78 is 0.501. The SMILES string of the molecule is Nc1nc2cc(C(=O)O)c(Br)cc2[nH]1. The van der Waals surface area contributed by atoms with E-state index in [1.165, 1.54) is 6.07 Å². The second kappa shape index (κ2) is 2.98. The number of aromatic amines is 1. The number of nitrogens with two attached hydrogens (primary N) is 1. The maximum Gasteiger partial charge on any atom is 0.336 e. The Kier molecular flexibility index (Phi) is 1.92. The molecule has 0 saturated heterocycles. The van der Waals surface area contributed by atoms with Gasteiger partial charge in [-0.25, -0.2) is 9.78 Å². The topological polar surface area (TPSA) is 92.0 Å². The van der Waals surface area contributed by atoms with Crippen LogP contribution >= 0.6 is 15.9 Å². The third kappa shape index (κ3) is 1.33. The Balaban J connectivity index is 2.76. The molecule has 2 aromatic rings. The number of rotatable bonds is 1. The lowest BCUT2D eigenvalue weighted by atomic mass is 10.2. The van der Waals surface area contributed by atoms with Crippen molar-refractivity contribution in [3.05, 3.63) is 22.2 Å². The van der Waals surface area contributed by atoms with Gasteiger partial charge in [0.05, 0.1) is 16.6 Å². The first-order chi connectivity index (χ1) is 6.58. The van der Waals surface area contributed by atoms with E-state index < -0.39 is 5.97 Å². The molecule has 0 aliphatic carbocycles. The Hall–Kier alpha value is -1.56. The van der Waals surface area contributed by atoms with E-state index in [1.807, 2.05) is 0 Å². The smallest absolute Gasteiger partial charge is 0.336 e. The van der Waals surface area contributed by atoms with Crippen LogP contribution in [0.1, 0.15) is 10.4 Å². The third-order valence-electron chi connectivity index (χ3n) is 1.82. The lowest BCUT2D eigenvalue weighted by Crippen LogP contribution is -1.97. The van der Waals surface area contributed by atoms with Crippen LogP contribution in [0.25, 0.3) is 11.0 Å². The summed E-state index contributed by atoms with van der Waals surface area (Å²) in [5.41, 5.74) is 6.86. The lowest BCUT2D eigenvalue weighted by Gasteiger charge is -1.97. The fourth-order valence-corrected chi connectivity index (χ4v) is 1.73. The average molecular weight is 256 g/mol. The maximum atomic E-state index is 10.8. The quantitative estimate of drug-likeness (QED) is 0.722. The Bertz CT molecular complexity index is 521. The summed E-state index contributed by atoms with van der Waals surface area (Å²) in [5.74, 6) is -0.727. The summed E-state index contributed by atoms with van der Waals surface area (Å²) in [6.07, 6.45) is 0. The second-order valence-corrected chi connectivity index (χ2v) is 3.63. The highest BCUT2D eigenvalue weighted by molar-refractivity contribution is 9.10. The first kappa shape index (κ1) is 9.01. The molecule has 0 unspecified atom stereocenters. The van der Waals surface area contributed by atoms with Gasteiger partial charge in [0.15, 0.2) is 5.95 Å². The van der Waals surface area contributed by atoms with Gasteiger partial charge in [-0.3, -0.25) is 0 Å². The zero-order chi connectivity index (χ0) is 10.3. The fourth-order valence-electron chi connectivity index (χ4n) is 1.21. The number of imidazole rings is 1. The normalized spacial score (nSPS) is 10.6. The van der Waals surface area contributed by atoms with E-state index >= 15 is 0 Å². The van der Waals surface area contributed by atoms with E-state index in [4.69, 9.17) is 10.8 Å². The lowest BCUT2D eigenvalue weighted by molar-refractivity contribution is 0.0696. The van der Waals surface area contributed by atoms with Crippen LogP contribution in [0.2, 0.25) is 0 Å². The second-order valence-electron chi connectivity index (χ2n) is 2.78. The number of carboxylic acids is 1. The zero-order valence-electron chi connectivity index (χ0n) is 6.91. The van der Waals surface area contributed by atoms with E-state index in [0.29, 0.717) is 15.5 Å². The van der Waals surface area contributed by atoms with Crippen molar-refractivity contribution in [1.82, 2.24) is 9.97 Å². The van der Waals surface area contributed by atoms with Crippen LogP contribution in [0.3, 0.4) is 0 Å². The molecule has 1 aromatic carbocycles. The average Bonchev–Trinajstić information content (AvgIpc) is 2.42. The van der Waals surface area contributed by atoms with Crippen molar-refractivity contribution < 1.29 is 9.90 Å². The maximum absolute atomic E-state index is 10.8. The van der Waals surface area contributed by atoms with Crippen LogP contribution < -0.4 is 5.73 Å². The molecule has 0 aliphatic heterocycles. The van der Waals surface area contributed by atoms with Crippen LogP contribution in [0.4, 0.5) is 5.95 Å². The van der Waals surface area contributed by atoms with E-state index in [-0.39, 0.29) is 11.5 Å². The van der Waals surface area contributed by atoms with Crippen molar-refractivity contribution in [1.29, 1.82) is 0 Å². The molecule has 0 spiro atoms. The van der Waals surface area contributed by atoms with Gasteiger partial charge in [0.2, 0.25) is 0 Å². The van der Waals surface area contributed by atoms with Gasteiger partial charge in [-0.2, -0.15) is 0 Å². The van der Waals surface area contributed by atoms with Crippen molar-refractivity contribution in [2.45, 2.75) is 0 Å². The Morgan fingerprint density at radius 1 is 1.57 bits per heavy atom. The van der Waals surface area contributed by atoms with Crippen molar-refractivity contribution in [2.24, 2.45) is 0 Å². The summed E-state index contributed by atoms with van der Waals surface area (Å²) >= 11 is 3.16. The van der Waals surface area contributed by atoms with Crippen LogP contribution in [-0.2, 0) is 0 Å². The number of nitrogens with zero attached hydrogens (tertiary/aromatic N) is 1. The standard InChI is InChI=1S/C8H6BrN3O2/c9-4-2-6-5(11-8(10)12-6)1-3(4)7(13)14/h1-2H,(H,13,14)(H3,10,11,12). The van der Waals surface area contributed by atoms with Crippen molar-refractivity contribution >= 4 is 38.9 Å². The molecule has 4 N–H and O–H groups in total. The van der Waals surface area contributed by atoms with Gasteiger partial charge in [0.1, 0.15) is 0 Å². The summed E-state index contributed by atoms with van der Waals surface area (Å²) in [6, 6.07) is 3.11. The number of H-pyrrole nitrogens is 1. The summed E-state index contributed by atoms with van der Waals surface area (Å²) in [6.45, 7) is 0. The third-order valence-corrected chi connectivity index (χ3v) is 2.48. The monoisotopic (exact) mass is 255 g/mol. The molecule has 1 heterocycles. The highest BCUT2D eigenvalue weighted by Crippen LogP contribution is 2.23. The van der Waals surface area contributed by atoms with Gasteiger partial charge in [-0.15, -0.1) is 0 Å². The van der Waals surface area contributed by atoms with Crippen LogP contribution in [0.15, 0.2) is 16.6 Å². The van der Waals surface area contributed by atoms with Crippen molar-refractivity contribution in [3.8, 4) is 0 Å². The minimum atomic E-state index is -1.000. The molecule has 1 aromatic heterocycles. The Morgan fingerprint density at radius 3 is 2.93 bits per heavy atom. The molecule has 0 fully saturated rings. The molecule has 6 heteroatoms. The molecule has 0 atom stereocenters. The van der Waals surface area contributed by atoms with Gasteiger partial charge in [-0.05, 0) is 28.1 Å². The number of fused-ring (bicyclic) bond motifs is 1. The number of hydrogen-bond acceptors (Lipinski definition) is 3. The van der Waals surface area contributed by atoms with E-state index in [0.717, 1.165) is 0 Å². The number of benzene rings is 1. The van der Waals surface area contributed by atoms with Crippen LogP contribution in [0, 0.1) is 0 Å². The summed E-state index contributed by atoms with van der Waals surface area (Å²) in [5, 5.41) is 8.83. The number of nitrogens with one attached hydrogen (secondary N) is 1. The molecule has 2 rings (SSSR count). The minimum absolute atomic E-state index is 0.170. The molecular weight excluding hydrogens is 250 g/mol. The number of anilines is 1. The zero-order valence-corrected chi connectivity index (χ0v) is 8.50. The minimum Gasteiger partial charge on any atom is -0.478 e. The molecular formula is C8H6BrN3O2. The van der Waals surface area contributed by atoms with Gasteiger partial charge in [0.25, 0.3) is 0 Å². The predicted molar refractivity (Wildman–Crippen MR) is 55.2 cm³/mol. The van der Waals surface area contributed by atoms with E-state index in [1.54, 1.807) is 6.07 Å². The first-order valence-electron chi connectivity index (χ1n) is 3.76. The number of carbonyl (C=O) groups is 1. The van der Waals surface area contributed by atoms with Gasteiger partial charge in [0, 0.05) is 4.47 Å². The number of halogens is 1. The molecule has 0 aliphatic rings. The Morgan fingerprint density at radius 2 is 2.29 bits per heavy atom. The molecule has 5 nitrogen and oxygen atoms in total. The number of aromatic carboxylic acids is 1. The summed E-state index contributed by atoms with van der Waals surface area (Å²) in [4.78, 5) is 17.5. The predicted octanol–water partition coefficient (Wildman–Crippen LogP) is 1.61. The highest BCUT2D eigenvalue weighted by atomic mass is 79.9. The molecule has 0 saturated carbocycles. The number of hydrogen-bond donors (Lipinski definition) is 3. The largest absolute Gasteiger partial charge is 0.478 e. The van der Waals surface area contributed by atoms with Crippen LogP contribution in [-0.4, -0.2) is 21.0 Å². The fraction of sp³-hybridized carbons (Fsp3) is 0. The van der Waals surface area contributed by atoms with Gasteiger partial charge >= 0.3 is 5.97 Å². The molecule has 72 valence electrons. The number of aromatic nitrogens is 2. The molecule has 0 amide bonds. The summed E-state index contributed by atoms with van der Waals surface area (Å²) in [7, 11) is 0. The first-order valence-corrected chi connectivity index (χ1v) is 4.55. The van der Waals surface area contributed by atoms with Crippen molar-refractivity contribution in [3.63, 3.8) is 0 Å². The molecule has 0 bridgehead atoms. The Labute approximate surface area is 87.1 Å². The molecule has 0 radical (unpaired) electrons. The van der Waals surface area contributed by atoms with E-state index in [2.05, 4.69) is 25.9 Å². The molecule has 14 heavy (non-hydrogen) atoms. The van der Waals surface area contributed by atoms with Gasteiger partial charge in [-0.1, -0.05) is 0 Å². The highest BCUT2D eigenvalue weighted by Gasteiger charge is 2.11. The van der Waals surface area contributed by atoms with Crippen molar-refractivity contribution in [2.75, 3.05) is 5.73 Å². The van der Waals surface area contributed by atoms with Crippen LogP contribution in [0.5, 0.6) is 0 Å². The van der Waals surface area contributed by atoms with Gasteiger partial charge < -0.3 is 15.8 Å². The number of nitrogen functional groups attached to an aromatic ring is 1.